The smallest absolute Gasteiger partial charge is 0.226 e. The number of rotatable bonds is 4. The number of aryl methyl sites for hydroxylation is 4. The van der Waals surface area contributed by atoms with Crippen LogP contribution >= 0.6 is 0 Å². The van der Waals surface area contributed by atoms with Gasteiger partial charge < -0.3 is 9.88 Å². The Morgan fingerprint density at radius 3 is 2.29 bits per heavy atom. The van der Waals surface area contributed by atoms with Gasteiger partial charge in [0.25, 0.3) is 0 Å². The lowest BCUT2D eigenvalue weighted by atomic mass is 10.1. The molecule has 1 amide bonds. The summed E-state index contributed by atoms with van der Waals surface area (Å²) in [6, 6.07) is 20.2. The van der Waals surface area contributed by atoms with Crippen LogP contribution in [0.2, 0.25) is 0 Å². The maximum atomic E-state index is 12.8. The summed E-state index contributed by atoms with van der Waals surface area (Å²) in [4.78, 5) is 22.6. The second-order valence-corrected chi connectivity index (χ2v) is 8.13. The molecule has 0 bridgehead atoms. The number of carbonyl (C=O) groups is 1. The molecule has 0 aliphatic rings. The molecule has 0 spiro atoms. The molecule has 2 heterocycles. The third-order valence-electron chi connectivity index (χ3n) is 5.76. The van der Waals surface area contributed by atoms with Crippen molar-refractivity contribution in [3.63, 3.8) is 0 Å². The molecule has 0 fully saturated rings. The summed E-state index contributed by atoms with van der Waals surface area (Å²) in [5, 5.41) is 4.16. The number of benzene rings is 3. The second kappa shape index (κ2) is 7.51. The molecule has 5 nitrogen and oxygen atoms in total. The fourth-order valence-electron chi connectivity index (χ4n) is 4.40. The number of fused-ring (bicyclic) bond motifs is 4. The highest BCUT2D eigenvalue weighted by atomic mass is 16.1. The van der Waals surface area contributed by atoms with E-state index < -0.39 is 0 Å². The van der Waals surface area contributed by atoms with E-state index in [0.717, 1.165) is 49.9 Å². The molecule has 1 N–H and O–H groups in total. The van der Waals surface area contributed by atoms with Gasteiger partial charge in [0.1, 0.15) is 5.52 Å². The van der Waals surface area contributed by atoms with Gasteiger partial charge in [0, 0.05) is 24.0 Å². The molecule has 5 heteroatoms. The van der Waals surface area contributed by atoms with Gasteiger partial charge in [0.15, 0.2) is 5.65 Å². The zero-order valence-corrected chi connectivity index (χ0v) is 17.9. The van der Waals surface area contributed by atoms with Crippen molar-refractivity contribution in [2.75, 3.05) is 5.32 Å². The number of nitrogens with zero attached hydrogens (tertiary/aromatic N) is 3. The second-order valence-electron chi connectivity index (χ2n) is 8.13. The van der Waals surface area contributed by atoms with E-state index in [4.69, 9.17) is 9.97 Å². The normalized spacial score (nSPS) is 11.5. The molecule has 31 heavy (non-hydrogen) atoms. The first-order valence-corrected chi connectivity index (χ1v) is 10.5. The van der Waals surface area contributed by atoms with Crippen LogP contribution in [0.5, 0.6) is 0 Å². The van der Waals surface area contributed by atoms with Crippen LogP contribution in [0.15, 0.2) is 60.7 Å². The predicted molar refractivity (Wildman–Crippen MR) is 126 cm³/mol. The minimum absolute atomic E-state index is 0.00488. The van der Waals surface area contributed by atoms with E-state index in [9.17, 15) is 4.79 Å². The summed E-state index contributed by atoms with van der Waals surface area (Å²) in [5.74, 6) is -0.00488. The van der Waals surface area contributed by atoms with E-state index in [2.05, 4.69) is 41.1 Å². The molecule has 2 aromatic heterocycles. The van der Waals surface area contributed by atoms with Crippen LogP contribution in [0, 0.1) is 20.8 Å². The Balaban J connectivity index is 1.50. The van der Waals surface area contributed by atoms with Crippen LogP contribution in [0.1, 0.15) is 23.1 Å². The van der Waals surface area contributed by atoms with Crippen LogP contribution < -0.4 is 5.32 Å². The summed E-state index contributed by atoms with van der Waals surface area (Å²) in [6.07, 6.45) is 0.356. The third-order valence-corrected chi connectivity index (χ3v) is 5.76. The molecule has 0 saturated carbocycles. The highest BCUT2D eigenvalue weighted by molar-refractivity contribution is 6.06. The Kier molecular flexibility index (Phi) is 4.66. The van der Waals surface area contributed by atoms with E-state index in [1.807, 2.05) is 50.2 Å². The van der Waals surface area contributed by atoms with Crippen molar-refractivity contribution in [2.45, 2.75) is 33.7 Å². The number of hydrogen-bond donors (Lipinski definition) is 1. The number of carbonyl (C=O) groups excluding carboxylic acids is 1. The molecule has 0 aliphatic carbocycles. The summed E-state index contributed by atoms with van der Waals surface area (Å²) in [7, 11) is 0. The first kappa shape index (κ1) is 19.2. The minimum Gasteiger partial charge on any atom is -0.326 e. The van der Waals surface area contributed by atoms with Crippen LogP contribution in [0.25, 0.3) is 33.1 Å². The lowest BCUT2D eigenvalue weighted by molar-refractivity contribution is -0.116. The number of nitrogens with one attached hydrogen (secondary N) is 1. The van der Waals surface area contributed by atoms with E-state index in [1.165, 1.54) is 5.56 Å². The Hall–Kier alpha value is -3.73. The molecular weight excluding hydrogens is 384 g/mol. The highest BCUT2D eigenvalue weighted by Gasteiger charge is 2.15. The molecule has 154 valence electrons. The Bertz CT molecular complexity index is 1440. The van der Waals surface area contributed by atoms with E-state index in [0.29, 0.717) is 13.0 Å². The van der Waals surface area contributed by atoms with Crippen LogP contribution in [0.3, 0.4) is 0 Å². The predicted octanol–water partition coefficient (Wildman–Crippen LogP) is 5.69. The number of para-hydroxylation sites is 3. The van der Waals surface area contributed by atoms with Crippen LogP contribution in [-0.4, -0.2) is 20.4 Å². The van der Waals surface area contributed by atoms with Gasteiger partial charge in [-0.05, 0) is 50.1 Å². The highest BCUT2D eigenvalue weighted by Crippen LogP contribution is 2.28. The van der Waals surface area contributed by atoms with Crippen LogP contribution in [0.4, 0.5) is 5.69 Å². The zero-order chi connectivity index (χ0) is 21.5. The topological polar surface area (TPSA) is 59.8 Å². The molecule has 5 rings (SSSR count). The number of aromatic nitrogens is 3. The van der Waals surface area contributed by atoms with Gasteiger partial charge >= 0.3 is 0 Å². The molecule has 0 aliphatic heterocycles. The van der Waals surface area contributed by atoms with Gasteiger partial charge in [-0.25, -0.2) is 9.97 Å². The first-order chi connectivity index (χ1) is 15.0. The molecular formula is C26H24N4O. The Labute approximate surface area is 180 Å². The fraction of sp³-hybridized carbons (Fsp3) is 0.192. The van der Waals surface area contributed by atoms with Gasteiger partial charge in [-0.15, -0.1) is 0 Å². The van der Waals surface area contributed by atoms with E-state index in [1.54, 1.807) is 0 Å². The average molecular weight is 409 g/mol. The first-order valence-electron chi connectivity index (χ1n) is 10.5. The summed E-state index contributed by atoms with van der Waals surface area (Å²) >= 11 is 0. The van der Waals surface area contributed by atoms with Crippen molar-refractivity contribution in [3.8, 4) is 0 Å². The van der Waals surface area contributed by atoms with Crippen molar-refractivity contribution in [1.29, 1.82) is 0 Å². The Morgan fingerprint density at radius 2 is 1.55 bits per heavy atom. The maximum Gasteiger partial charge on any atom is 0.226 e. The lowest BCUT2D eigenvalue weighted by Crippen LogP contribution is -2.16. The van der Waals surface area contributed by atoms with Crippen molar-refractivity contribution in [1.82, 2.24) is 14.5 Å². The molecule has 3 aromatic carbocycles. The molecule has 5 aromatic rings. The van der Waals surface area contributed by atoms with Crippen LogP contribution in [-0.2, 0) is 11.3 Å². The van der Waals surface area contributed by atoms with Gasteiger partial charge in [0.05, 0.1) is 16.6 Å². The van der Waals surface area contributed by atoms with Gasteiger partial charge in [-0.1, -0.05) is 48.0 Å². The standard InChI is InChI=1S/C26H24N4O/c1-16-14-17(2)24(18(3)15-16)29-23(31)12-13-30-22-11-7-4-8-19(22)25-26(30)28-21-10-6-5-9-20(21)27-25/h4-11,14-15H,12-13H2,1-3H3,(H,29,31). The van der Waals surface area contributed by atoms with Crippen molar-refractivity contribution < 1.29 is 4.79 Å². The van der Waals surface area contributed by atoms with Gasteiger partial charge in [-0.2, -0.15) is 0 Å². The minimum atomic E-state index is -0.00488. The van der Waals surface area contributed by atoms with Crippen molar-refractivity contribution >= 4 is 44.7 Å². The number of anilines is 1. The zero-order valence-electron chi connectivity index (χ0n) is 17.9. The molecule has 0 radical (unpaired) electrons. The summed E-state index contributed by atoms with van der Waals surface area (Å²) < 4.78 is 2.11. The summed E-state index contributed by atoms with van der Waals surface area (Å²) in [5.41, 5.74) is 8.74. The SMILES string of the molecule is Cc1cc(C)c(NC(=O)CCn2c3ccccc3c3nc4ccccc4nc32)c(C)c1. The van der Waals surface area contributed by atoms with Crippen molar-refractivity contribution in [3.05, 3.63) is 77.4 Å². The van der Waals surface area contributed by atoms with Gasteiger partial charge in [0.2, 0.25) is 5.91 Å². The number of hydrogen-bond acceptors (Lipinski definition) is 3. The molecule has 0 atom stereocenters. The van der Waals surface area contributed by atoms with Crippen molar-refractivity contribution in [2.24, 2.45) is 0 Å². The summed E-state index contributed by atoms with van der Waals surface area (Å²) in [6.45, 7) is 6.66. The largest absolute Gasteiger partial charge is 0.326 e. The number of amides is 1. The maximum absolute atomic E-state index is 12.8. The molecule has 0 unspecified atom stereocenters. The Morgan fingerprint density at radius 1 is 0.903 bits per heavy atom. The fourth-order valence-corrected chi connectivity index (χ4v) is 4.40. The quantitative estimate of drug-likeness (QED) is 0.415. The average Bonchev–Trinajstić information content (AvgIpc) is 3.06. The molecule has 0 saturated heterocycles. The monoisotopic (exact) mass is 408 g/mol. The van der Waals surface area contributed by atoms with Gasteiger partial charge in [-0.3, -0.25) is 4.79 Å². The van der Waals surface area contributed by atoms with E-state index in [-0.39, 0.29) is 5.91 Å². The third kappa shape index (κ3) is 3.42. The lowest BCUT2D eigenvalue weighted by Gasteiger charge is -2.13. The van der Waals surface area contributed by atoms with E-state index >= 15 is 0 Å².